The zero-order chi connectivity index (χ0) is 15.4. The Labute approximate surface area is 128 Å². The Kier molecular flexibility index (Phi) is 4.85. The monoisotopic (exact) mass is 305 g/mol. The van der Waals surface area contributed by atoms with Gasteiger partial charge in [0.25, 0.3) is 0 Å². The van der Waals surface area contributed by atoms with Crippen molar-refractivity contribution in [2.45, 2.75) is 20.3 Å². The minimum atomic E-state index is -0.358. The molecule has 2 N–H and O–H groups in total. The summed E-state index contributed by atoms with van der Waals surface area (Å²) in [6, 6.07) is 7.74. The van der Waals surface area contributed by atoms with Crippen molar-refractivity contribution in [1.29, 1.82) is 0 Å². The van der Waals surface area contributed by atoms with Gasteiger partial charge in [0, 0.05) is 4.88 Å². The van der Waals surface area contributed by atoms with E-state index in [-0.39, 0.29) is 5.97 Å². The van der Waals surface area contributed by atoms with Gasteiger partial charge in [-0.2, -0.15) is 0 Å². The molecule has 0 spiro atoms. The van der Waals surface area contributed by atoms with Crippen molar-refractivity contribution in [3.8, 4) is 16.2 Å². The van der Waals surface area contributed by atoms with E-state index < -0.39 is 0 Å². The molecule has 0 aliphatic rings. The molecule has 2 rings (SSSR count). The van der Waals surface area contributed by atoms with Gasteiger partial charge < -0.3 is 15.2 Å². The number of nitrogens with two attached hydrogens (primary N) is 1. The summed E-state index contributed by atoms with van der Waals surface area (Å²) in [7, 11) is 1.63. The Hall–Kier alpha value is -2.01. The summed E-state index contributed by atoms with van der Waals surface area (Å²) in [4.78, 5) is 13.5. The lowest BCUT2D eigenvalue weighted by Crippen LogP contribution is -2.05. The molecule has 112 valence electrons. The summed E-state index contributed by atoms with van der Waals surface area (Å²) in [6.07, 6.45) is 0.758. The Morgan fingerprint density at radius 3 is 2.71 bits per heavy atom. The first-order chi connectivity index (χ1) is 10.1. The van der Waals surface area contributed by atoms with E-state index in [1.165, 1.54) is 11.3 Å². The van der Waals surface area contributed by atoms with Crippen molar-refractivity contribution in [3.63, 3.8) is 0 Å². The quantitative estimate of drug-likeness (QED) is 0.855. The van der Waals surface area contributed by atoms with Gasteiger partial charge in [0.1, 0.15) is 10.6 Å². The highest BCUT2D eigenvalue weighted by molar-refractivity contribution is 7.18. The predicted molar refractivity (Wildman–Crippen MR) is 86.1 cm³/mol. The molecule has 0 amide bonds. The summed E-state index contributed by atoms with van der Waals surface area (Å²) in [6.45, 7) is 4.15. The number of ether oxygens (including phenoxy) is 2. The number of nitrogen functional groups attached to an aromatic ring is 1. The zero-order valence-corrected chi connectivity index (χ0v) is 13.3. The van der Waals surface area contributed by atoms with Gasteiger partial charge in [-0.05, 0) is 36.6 Å². The van der Waals surface area contributed by atoms with E-state index in [0.29, 0.717) is 17.2 Å². The number of rotatable bonds is 5. The lowest BCUT2D eigenvalue weighted by atomic mass is 10.1. The average Bonchev–Trinajstić information content (AvgIpc) is 2.84. The zero-order valence-electron chi connectivity index (χ0n) is 12.4. The first-order valence-electron chi connectivity index (χ1n) is 6.85. The van der Waals surface area contributed by atoms with Crippen LogP contribution in [0.2, 0.25) is 0 Å². The van der Waals surface area contributed by atoms with Gasteiger partial charge in [-0.3, -0.25) is 0 Å². The predicted octanol–water partition coefficient (Wildman–Crippen LogP) is 3.75. The smallest absolute Gasteiger partial charge is 0.350 e. The molecule has 0 saturated heterocycles. The van der Waals surface area contributed by atoms with E-state index in [2.05, 4.69) is 0 Å². The fraction of sp³-hybridized carbons (Fsp3) is 0.312. The van der Waals surface area contributed by atoms with Crippen LogP contribution in [0.3, 0.4) is 0 Å². The van der Waals surface area contributed by atoms with E-state index in [1.54, 1.807) is 14.0 Å². The van der Waals surface area contributed by atoms with Crippen LogP contribution in [0.4, 0.5) is 5.69 Å². The summed E-state index contributed by atoms with van der Waals surface area (Å²) >= 11 is 1.38. The van der Waals surface area contributed by atoms with Crippen LogP contribution in [0.5, 0.6) is 5.75 Å². The van der Waals surface area contributed by atoms with Gasteiger partial charge >= 0.3 is 5.97 Å². The number of anilines is 1. The highest BCUT2D eigenvalue weighted by atomic mass is 32.1. The van der Waals surface area contributed by atoms with Crippen molar-refractivity contribution < 1.29 is 14.3 Å². The van der Waals surface area contributed by atoms with Crippen LogP contribution < -0.4 is 10.5 Å². The van der Waals surface area contributed by atoms with E-state index in [4.69, 9.17) is 15.2 Å². The number of thiophene rings is 1. The third kappa shape index (κ3) is 3.03. The van der Waals surface area contributed by atoms with E-state index in [0.717, 1.165) is 28.2 Å². The van der Waals surface area contributed by atoms with Gasteiger partial charge in [0.15, 0.2) is 0 Å². The number of benzene rings is 1. The highest BCUT2D eigenvalue weighted by Crippen LogP contribution is 2.40. The van der Waals surface area contributed by atoms with Gasteiger partial charge in [0.05, 0.1) is 19.4 Å². The Morgan fingerprint density at radius 1 is 1.33 bits per heavy atom. The molecule has 0 aliphatic carbocycles. The van der Waals surface area contributed by atoms with Crippen molar-refractivity contribution in [1.82, 2.24) is 0 Å². The van der Waals surface area contributed by atoms with E-state index >= 15 is 0 Å². The average molecular weight is 305 g/mol. The van der Waals surface area contributed by atoms with Crippen LogP contribution >= 0.6 is 11.3 Å². The molecule has 0 bridgehead atoms. The molecule has 0 unspecified atom stereocenters. The standard InChI is InChI=1S/C16H19NO3S/c1-4-12-13(17)15(16(18)20-5-2)21-14(12)10-7-6-8-11(9-10)19-3/h6-9H,4-5,17H2,1-3H3. The molecule has 0 saturated carbocycles. The van der Waals surface area contributed by atoms with Crippen LogP contribution in [0.15, 0.2) is 24.3 Å². The highest BCUT2D eigenvalue weighted by Gasteiger charge is 2.21. The normalized spacial score (nSPS) is 10.4. The molecule has 1 aromatic carbocycles. The third-order valence-corrected chi connectivity index (χ3v) is 4.47. The molecule has 0 radical (unpaired) electrons. The van der Waals surface area contributed by atoms with Crippen LogP contribution in [-0.4, -0.2) is 19.7 Å². The van der Waals surface area contributed by atoms with Crippen molar-refractivity contribution >= 4 is 23.0 Å². The summed E-state index contributed by atoms with van der Waals surface area (Å²) in [5.41, 5.74) is 8.64. The molecule has 4 nitrogen and oxygen atoms in total. The Balaban J connectivity index is 2.52. The fourth-order valence-corrected chi connectivity index (χ4v) is 3.38. The number of methoxy groups -OCH3 is 1. The summed E-state index contributed by atoms with van der Waals surface area (Å²) in [5, 5.41) is 0. The van der Waals surface area contributed by atoms with Crippen LogP contribution in [-0.2, 0) is 11.2 Å². The lowest BCUT2D eigenvalue weighted by Gasteiger charge is -2.05. The van der Waals surface area contributed by atoms with E-state index in [1.807, 2.05) is 31.2 Å². The first kappa shape index (κ1) is 15.4. The molecule has 1 heterocycles. The minimum Gasteiger partial charge on any atom is -0.497 e. The second-order valence-electron chi connectivity index (χ2n) is 4.46. The molecule has 0 fully saturated rings. The Bertz CT molecular complexity index is 649. The van der Waals surface area contributed by atoms with E-state index in [9.17, 15) is 4.79 Å². The minimum absolute atomic E-state index is 0.339. The number of hydrogen-bond donors (Lipinski definition) is 1. The maximum Gasteiger partial charge on any atom is 0.350 e. The molecule has 1 aromatic heterocycles. The van der Waals surface area contributed by atoms with Gasteiger partial charge in [-0.15, -0.1) is 11.3 Å². The molecule has 21 heavy (non-hydrogen) atoms. The molecule has 0 atom stereocenters. The second kappa shape index (κ2) is 6.63. The molecule has 0 aliphatic heterocycles. The SMILES string of the molecule is CCOC(=O)c1sc(-c2cccc(OC)c2)c(CC)c1N. The number of carbonyl (C=O) groups is 1. The molecule has 5 heteroatoms. The maximum atomic E-state index is 12.0. The molecular weight excluding hydrogens is 286 g/mol. The van der Waals surface area contributed by atoms with Crippen LogP contribution in [0.1, 0.15) is 29.1 Å². The van der Waals surface area contributed by atoms with Gasteiger partial charge in [0.2, 0.25) is 0 Å². The largest absolute Gasteiger partial charge is 0.497 e. The molecule has 2 aromatic rings. The van der Waals surface area contributed by atoms with Gasteiger partial charge in [-0.1, -0.05) is 19.1 Å². The fourth-order valence-electron chi connectivity index (χ4n) is 2.17. The van der Waals surface area contributed by atoms with Gasteiger partial charge in [-0.25, -0.2) is 4.79 Å². The Morgan fingerprint density at radius 2 is 2.10 bits per heavy atom. The summed E-state index contributed by atoms with van der Waals surface area (Å²) < 4.78 is 10.3. The maximum absolute atomic E-state index is 12.0. The van der Waals surface area contributed by atoms with Crippen molar-refractivity contribution in [2.24, 2.45) is 0 Å². The number of esters is 1. The van der Waals surface area contributed by atoms with Crippen molar-refractivity contribution in [2.75, 3.05) is 19.5 Å². The van der Waals surface area contributed by atoms with Crippen LogP contribution in [0.25, 0.3) is 10.4 Å². The topological polar surface area (TPSA) is 61.5 Å². The number of carbonyl (C=O) groups excluding carboxylic acids is 1. The summed E-state index contributed by atoms with van der Waals surface area (Å²) in [5.74, 6) is 0.419. The second-order valence-corrected chi connectivity index (χ2v) is 5.48. The molecular formula is C16H19NO3S. The van der Waals surface area contributed by atoms with Crippen LogP contribution in [0, 0.1) is 0 Å². The lowest BCUT2D eigenvalue weighted by molar-refractivity contribution is 0.0533. The third-order valence-electron chi connectivity index (χ3n) is 3.19. The van der Waals surface area contributed by atoms with Crippen molar-refractivity contribution in [3.05, 3.63) is 34.7 Å². The number of hydrogen-bond acceptors (Lipinski definition) is 5. The first-order valence-corrected chi connectivity index (χ1v) is 7.66.